The number of hydrogen-bond donors (Lipinski definition) is 0. The molecule has 1 heterocycles. The molecule has 0 radical (unpaired) electrons. The number of para-hydroxylation sites is 1. The van der Waals surface area contributed by atoms with Gasteiger partial charge < -0.3 is 0 Å². The molecule has 1 aliphatic rings. The molecule has 0 atom stereocenters. The van der Waals surface area contributed by atoms with E-state index >= 15 is 0 Å². The fraction of sp³-hybridized carbons (Fsp3) is 0.0870. The van der Waals surface area contributed by atoms with Gasteiger partial charge in [-0.05, 0) is 48.4 Å². The Kier molecular flexibility index (Phi) is 4.97. The molecule has 0 aliphatic carbocycles. The Bertz CT molecular complexity index is 1090. The van der Waals surface area contributed by atoms with Crippen molar-refractivity contribution in [3.8, 4) is 0 Å². The Balaban J connectivity index is 1.77. The zero-order chi connectivity index (χ0) is 19.7. The minimum absolute atomic E-state index is 0.246. The SMILES string of the molecule is C=C1c2cc(F)ccc2N=C(CCc2ccccc2F)N1c1ccccc1Cl. The summed E-state index contributed by atoms with van der Waals surface area (Å²) < 4.78 is 27.9. The lowest BCUT2D eigenvalue weighted by molar-refractivity contribution is 0.610. The molecule has 3 aromatic carbocycles. The van der Waals surface area contributed by atoms with Crippen molar-refractivity contribution in [1.29, 1.82) is 0 Å². The normalized spacial score (nSPS) is 13.3. The van der Waals surface area contributed by atoms with E-state index in [1.165, 1.54) is 18.2 Å². The molecule has 5 heteroatoms. The van der Waals surface area contributed by atoms with Crippen molar-refractivity contribution in [3.05, 3.63) is 101 Å². The molecule has 0 saturated carbocycles. The summed E-state index contributed by atoms with van der Waals surface area (Å²) in [7, 11) is 0. The van der Waals surface area contributed by atoms with Crippen molar-refractivity contribution in [2.45, 2.75) is 12.8 Å². The number of rotatable bonds is 4. The fourth-order valence-electron chi connectivity index (χ4n) is 3.34. The van der Waals surface area contributed by atoms with Gasteiger partial charge in [0.1, 0.15) is 17.5 Å². The predicted octanol–water partition coefficient (Wildman–Crippen LogP) is 6.77. The Morgan fingerprint density at radius 3 is 2.46 bits per heavy atom. The van der Waals surface area contributed by atoms with Crippen LogP contribution >= 0.6 is 11.6 Å². The van der Waals surface area contributed by atoms with Gasteiger partial charge in [-0.3, -0.25) is 4.90 Å². The summed E-state index contributed by atoms with van der Waals surface area (Å²) in [5.41, 5.74) is 3.14. The largest absolute Gasteiger partial charge is 0.297 e. The van der Waals surface area contributed by atoms with Gasteiger partial charge in [0.05, 0.1) is 16.4 Å². The topological polar surface area (TPSA) is 15.6 Å². The van der Waals surface area contributed by atoms with Crippen LogP contribution in [-0.4, -0.2) is 5.84 Å². The maximum atomic E-state index is 14.1. The number of nitrogens with zero attached hydrogens (tertiary/aromatic N) is 2. The van der Waals surface area contributed by atoms with Gasteiger partial charge in [0.2, 0.25) is 0 Å². The van der Waals surface area contributed by atoms with Crippen molar-refractivity contribution in [3.63, 3.8) is 0 Å². The zero-order valence-corrected chi connectivity index (χ0v) is 15.8. The highest BCUT2D eigenvalue weighted by Crippen LogP contribution is 2.40. The van der Waals surface area contributed by atoms with E-state index in [9.17, 15) is 8.78 Å². The Morgan fingerprint density at radius 1 is 0.929 bits per heavy atom. The third-order valence-electron chi connectivity index (χ3n) is 4.72. The minimum Gasteiger partial charge on any atom is -0.297 e. The van der Waals surface area contributed by atoms with Crippen LogP contribution in [0.3, 0.4) is 0 Å². The molecule has 140 valence electrons. The average molecular weight is 395 g/mol. The number of halogens is 3. The highest BCUT2D eigenvalue weighted by atomic mass is 35.5. The van der Waals surface area contributed by atoms with E-state index < -0.39 is 0 Å². The van der Waals surface area contributed by atoms with E-state index in [2.05, 4.69) is 6.58 Å². The standard InChI is InChI=1S/C23H17ClF2N2/c1-15-18-14-17(25)11-12-21(18)27-23(13-10-16-6-2-4-8-20(16)26)28(15)22-9-5-3-7-19(22)24/h2-9,11-12,14H,1,10,13H2. The Morgan fingerprint density at radius 2 is 1.68 bits per heavy atom. The lowest BCUT2D eigenvalue weighted by atomic mass is 10.0. The van der Waals surface area contributed by atoms with E-state index in [-0.39, 0.29) is 11.6 Å². The van der Waals surface area contributed by atoms with Crippen LogP contribution in [-0.2, 0) is 6.42 Å². The molecular weight excluding hydrogens is 378 g/mol. The Labute approximate surface area is 167 Å². The van der Waals surface area contributed by atoms with Crippen LogP contribution in [0.15, 0.2) is 78.3 Å². The first-order chi connectivity index (χ1) is 13.5. The van der Waals surface area contributed by atoms with Crippen molar-refractivity contribution in [2.75, 3.05) is 4.90 Å². The third kappa shape index (κ3) is 3.43. The van der Waals surface area contributed by atoms with E-state index in [1.54, 1.807) is 24.3 Å². The predicted molar refractivity (Wildman–Crippen MR) is 111 cm³/mol. The van der Waals surface area contributed by atoms with Crippen LogP contribution in [0.25, 0.3) is 5.70 Å². The summed E-state index contributed by atoms with van der Waals surface area (Å²) in [6, 6.07) is 18.4. The van der Waals surface area contributed by atoms with E-state index in [0.717, 1.165) is 0 Å². The molecule has 28 heavy (non-hydrogen) atoms. The first-order valence-corrected chi connectivity index (χ1v) is 9.27. The molecule has 0 aromatic heterocycles. The number of aliphatic imine (C=N–C) groups is 1. The maximum Gasteiger partial charge on any atom is 0.126 e. The molecule has 0 fully saturated rings. The first-order valence-electron chi connectivity index (χ1n) is 8.89. The summed E-state index contributed by atoms with van der Waals surface area (Å²) in [6.07, 6.45) is 0.943. The highest BCUT2D eigenvalue weighted by Gasteiger charge is 2.26. The van der Waals surface area contributed by atoms with Crippen molar-refractivity contribution >= 4 is 34.5 Å². The summed E-state index contributed by atoms with van der Waals surface area (Å²) in [5, 5.41) is 0.530. The number of benzene rings is 3. The smallest absolute Gasteiger partial charge is 0.126 e. The molecule has 0 saturated heterocycles. The number of amidine groups is 1. The van der Waals surface area contributed by atoms with Gasteiger partial charge in [0.15, 0.2) is 0 Å². The van der Waals surface area contributed by atoms with E-state index in [4.69, 9.17) is 16.6 Å². The van der Waals surface area contributed by atoms with E-state index in [0.29, 0.717) is 51.9 Å². The summed E-state index contributed by atoms with van der Waals surface area (Å²) >= 11 is 6.42. The second kappa shape index (κ2) is 7.56. The number of fused-ring (bicyclic) bond motifs is 1. The summed E-state index contributed by atoms with van der Waals surface area (Å²) in [4.78, 5) is 6.54. The first kappa shape index (κ1) is 18.4. The number of anilines is 1. The molecule has 4 rings (SSSR count). The molecule has 0 unspecified atom stereocenters. The van der Waals surface area contributed by atoms with Crippen molar-refractivity contribution < 1.29 is 8.78 Å². The van der Waals surface area contributed by atoms with Crippen LogP contribution in [0.4, 0.5) is 20.2 Å². The van der Waals surface area contributed by atoms with Gasteiger partial charge in [-0.25, -0.2) is 13.8 Å². The van der Waals surface area contributed by atoms with Gasteiger partial charge in [0.25, 0.3) is 0 Å². The lowest BCUT2D eigenvalue weighted by Gasteiger charge is -2.33. The number of aryl methyl sites for hydroxylation is 1. The fourth-order valence-corrected chi connectivity index (χ4v) is 3.56. The van der Waals surface area contributed by atoms with Gasteiger partial charge >= 0.3 is 0 Å². The number of hydrogen-bond acceptors (Lipinski definition) is 2. The molecule has 0 bridgehead atoms. The van der Waals surface area contributed by atoms with Gasteiger partial charge in [-0.2, -0.15) is 0 Å². The minimum atomic E-state index is -0.357. The third-order valence-corrected chi connectivity index (χ3v) is 5.04. The quantitative estimate of drug-likeness (QED) is 0.476. The zero-order valence-electron chi connectivity index (χ0n) is 15.0. The molecule has 1 aliphatic heterocycles. The second-order valence-electron chi connectivity index (χ2n) is 6.51. The van der Waals surface area contributed by atoms with Crippen LogP contribution in [0.1, 0.15) is 17.5 Å². The molecule has 0 N–H and O–H groups in total. The second-order valence-corrected chi connectivity index (χ2v) is 6.92. The average Bonchev–Trinajstić information content (AvgIpc) is 2.69. The molecule has 3 aromatic rings. The van der Waals surface area contributed by atoms with Crippen LogP contribution < -0.4 is 4.90 Å². The lowest BCUT2D eigenvalue weighted by Crippen LogP contribution is -2.32. The maximum absolute atomic E-state index is 14.1. The Hall–Kier alpha value is -2.98. The summed E-state index contributed by atoms with van der Waals surface area (Å²) in [6.45, 7) is 4.16. The monoisotopic (exact) mass is 394 g/mol. The molecular formula is C23H17ClF2N2. The molecule has 0 amide bonds. The van der Waals surface area contributed by atoms with Crippen LogP contribution in [0.2, 0.25) is 5.02 Å². The summed E-state index contributed by atoms with van der Waals surface area (Å²) in [5.74, 6) is 0.0778. The van der Waals surface area contributed by atoms with Crippen molar-refractivity contribution in [2.24, 2.45) is 4.99 Å². The van der Waals surface area contributed by atoms with Gasteiger partial charge in [0, 0.05) is 17.7 Å². The van der Waals surface area contributed by atoms with Crippen LogP contribution in [0, 0.1) is 11.6 Å². The highest BCUT2D eigenvalue weighted by molar-refractivity contribution is 6.34. The molecule has 2 nitrogen and oxygen atoms in total. The van der Waals surface area contributed by atoms with Gasteiger partial charge in [-0.15, -0.1) is 0 Å². The van der Waals surface area contributed by atoms with Gasteiger partial charge in [-0.1, -0.05) is 48.5 Å². The van der Waals surface area contributed by atoms with Crippen LogP contribution in [0.5, 0.6) is 0 Å². The molecule has 0 spiro atoms. The van der Waals surface area contributed by atoms with E-state index in [1.807, 2.05) is 29.2 Å². The van der Waals surface area contributed by atoms with Crippen molar-refractivity contribution in [1.82, 2.24) is 0 Å².